The highest BCUT2D eigenvalue weighted by molar-refractivity contribution is 7.89. The first kappa shape index (κ1) is 25.1. The minimum absolute atomic E-state index is 0.0665. The average Bonchev–Trinajstić information content (AvgIpc) is 3.25. The number of amides is 1. The standard InChI is InChI=1S/C28H31N3O5S/c1-4-31-24-8-6-5-7-22(24)23-17-20(9-11-25(23)31)29-28(32)19-13-15-30(16-14-19)37(33,34)27-18-21(35-2)10-12-26(27)36-3/h5-12,17-19H,4,13-16H2,1-3H3,(H,29,32). The molecule has 1 amide bonds. The third kappa shape index (κ3) is 4.53. The molecular formula is C28H31N3O5S. The van der Waals surface area contributed by atoms with Crippen molar-refractivity contribution in [3.8, 4) is 11.5 Å². The first-order valence-electron chi connectivity index (χ1n) is 12.4. The minimum Gasteiger partial charge on any atom is -0.497 e. The van der Waals surface area contributed by atoms with Gasteiger partial charge >= 0.3 is 0 Å². The number of fused-ring (bicyclic) bond motifs is 3. The van der Waals surface area contributed by atoms with Gasteiger partial charge in [-0.05, 0) is 56.2 Å². The second-order valence-corrected chi connectivity index (χ2v) is 11.1. The van der Waals surface area contributed by atoms with Crippen LogP contribution in [0.5, 0.6) is 11.5 Å². The van der Waals surface area contributed by atoms with Gasteiger partial charge in [-0.1, -0.05) is 18.2 Å². The van der Waals surface area contributed by atoms with Crippen molar-refractivity contribution in [1.29, 1.82) is 0 Å². The summed E-state index contributed by atoms with van der Waals surface area (Å²) in [5.41, 5.74) is 3.05. The van der Waals surface area contributed by atoms with Crippen LogP contribution in [0.4, 0.5) is 5.69 Å². The van der Waals surface area contributed by atoms with Gasteiger partial charge in [0.25, 0.3) is 0 Å². The third-order valence-corrected chi connectivity index (χ3v) is 9.09. The number of rotatable bonds is 7. The van der Waals surface area contributed by atoms with E-state index in [1.54, 1.807) is 12.1 Å². The highest BCUT2D eigenvalue weighted by Gasteiger charge is 2.34. The zero-order valence-corrected chi connectivity index (χ0v) is 22.0. The number of nitrogens with one attached hydrogen (secondary N) is 1. The molecule has 0 atom stereocenters. The second kappa shape index (κ2) is 10.1. The predicted octanol–water partition coefficient (Wildman–Crippen LogP) is 4.87. The summed E-state index contributed by atoms with van der Waals surface area (Å²) in [4.78, 5) is 13.2. The summed E-state index contributed by atoms with van der Waals surface area (Å²) in [6.07, 6.45) is 0.878. The maximum absolute atomic E-state index is 13.3. The van der Waals surface area contributed by atoms with Crippen molar-refractivity contribution in [3.05, 3.63) is 60.7 Å². The summed E-state index contributed by atoms with van der Waals surface area (Å²) >= 11 is 0. The first-order valence-corrected chi connectivity index (χ1v) is 13.9. The number of nitrogens with zero attached hydrogens (tertiary/aromatic N) is 2. The van der Waals surface area contributed by atoms with Crippen molar-refractivity contribution in [3.63, 3.8) is 0 Å². The molecule has 0 aliphatic carbocycles. The van der Waals surface area contributed by atoms with Crippen molar-refractivity contribution < 1.29 is 22.7 Å². The molecule has 9 heteroatoms. The number of aryl methyl sites for hydroxylation is 1. The molecule has 1 aromatic heterocycles. The Morgan fingerprint density at radius 1 is 0.946 bits per heavy atom. The van der Waals surface area contributed by atoms with Gasteiger partial charge in [0.15, 0.2) is 0 Å². The molecule has 37 heavy (non-hydrogen) atoms. The van der Waals surface area contributed by atoms with E-state index >= 15 is 0 Å². The number of anilines is 1. The minimum atomic E-state index is -3.80. The molecule has 194 valence electrons. The van der Waals surface area contributed by atoms with E-state index < -0.39 is 10.0 Å². The van der Waals surface area contributed by atoms with Crippen molar-refractivity contribution in [2.75, 3.05) is 32.6 Å². The molecule has 1 fully saturated rings. The third-order valence-electron chi connectivity index (χ3n) is 7.17. The Bertz CT molecular complexity index is 1570. The van der Waals surface area contributed by atoms with Crippen LogP contribution in [0.1, 0.15) is 19.8 Å². The monoisotopic (exact) mass is 521 g/mol. The van der Waals surface area contributed by atoms with Crippen molar-refractivity contribution >= 4 is 43.4 Å². The number of piperidine rings is 1. The summed E-state index contributed by atoms with van der Waals surface area (Å²) < 4.78 is 40.9. The largest absolute Gasteiger partial charge is 0.497 e. The molecule has 0 bridgehead atoms. The molecule has 0 saturated carbocycles. The van der Waals surface area contributed by atoms with E-state index in [2.05, 4.69) is 28.9 Å². The summed E-state index contributed by atoms with van der Waals surface area (Å²) in [5.74, 6) is 0.342. The number of carbonyl (C=O) groups is 1. The van der Waals surface area contributed by atoms with Gasteiger partial charge in [-0.2, -0.15) is 4.31 Å². The fourth-order valence-electron chi connectivity index (χ4n) is 5.20. The zero-order chi connectivity index (χ0) is 26.2. The van der Waals surface area contributed by atoms with Gasteiger partial charge < -0.3 is 19.4 Å². The summed E-state index contributed by atoms with van der Waals surface area (Å²) in [5, 5.41) is 5.32. The number of sulfonamides is 1. The van der Waals surface area contributed by atoms with E-state index in [9.17, 15) is 13.2 Å². The van der Waals surface area contributed by atoms with E-state index in [1.165, 1.54) is 30.1 Å². The molecule has 1 saturated heterocycles. The SMILES string of the molecule is CCn1c2ccccc2c2cc(NC(=O)C3CCN(S(=O)(=O)c4cc(OC)ccc4OC)CC3)ccc21. The quantitative estimate of drug-likeness (QED) is 0.375. The highest BCUT2D eigenvalue weighted by Crippen LogP contribution is 2.34. The van der Waals surface area contributed by atoms with Crippen LogP contribution in [0.25, 0.3) is 21.8 Å². The fraction of sp³-hybridized carbons (Fsp3) is 0.321. The van der Waals surface area contributed by atoms with Crippen LogP contribution in [0.15, 0.2) is 65.6 Å². The van der Waals surface area contributed by atoms with Crippen LogP contribution < -0.4 is 14.8 Å². The smallest absolute Gasteiger partial charge is 0.246 e. The fourth-order valence-corrected chi connectivity index (χ4v) is 6.84. The molecule has 0 spiro atoms. The molecule has 5 rings (SSSR count). The first-order chi connectivity index (χ1) is 17.9. The zero-order valence-electron chi connectivity index (χ0n) is 21.2. The van der Waals surface area contributed by atoms with Gasteiger partial charge in [-0.15, -0.1) is 0 Å². The van der Waals surface area contributed by atoms with Gasteiger partial charge in [0.2, 0.25) is 15.9 Å². The molecule has 1 aliphatic rings. The lowest BCUT2D eigenvalue weighted by Gasteiger charge is -2.31. The summed E-state index contributed by atoms with van der Waals surface area (Å²) in [7, 11) is -0.869. The number of methoxy groups -OCH3 is 2. The topological polar surface area (TPSA) is 89.9 Å². The second-order valence-electron chi connectivity index (χ2n) is 9.18. The maximum atomic E-state index is 13.3. The lowest BCUT2D eigenvalue weighted by molar-refractivity contribution is -0.120. The normalized spacial score (nSPS) is 15.2. The van der Waals surface area contributed by atoms with E-state index in [0.29, 0.717) is 18.6 Å². The lowest BCUT2D eigenvalue weighted by atomic mass is 9.97. The number of carbonyl (C=O) groups excluding carboxylic acids is 1. The molecule has 2 heterocycles. The van der Waals surface area contributed by atoms with Crippen molar-refractivity contribution in [2.45, 2.75) is 31.2 Å². The van der Waals surface area contributed by atoms with Crippen LogP contribution in [-0.4, -0.2) is 50.5 Å². The van der Waals surface area contributed by atoms with Crippen LogP contribution in [0.2, 0.25) is 0 Å². The highest BCUT2D eigenvalue weighted by atomic mass is 32.2. The van der Waals surface area contributed by atoms with E-state index in [-0.39, 0.29) is 35.6 Å². The van der Waals surface area contributed by atoms with Gasteiger partial charge in [-0.25, -0.2) is 8.42 Å². The van der Waals surface area contributed by atoms with Gasteiger partial charge in [0.1, 0.15) is 16.4 Å². The number of benzene rings is 3. The molecule has 4 aromatic rings. The number of hydrogen-bond donors (Lipinski definition) is 1. The van der Waals surface area contributed by atoms with Crippen LogP contribution in [-0.2, 0) is 21.4 Å². The molecule has 1 aliphatic heterocycles. The van der Waals surface area contributed by atoms with Gasteiger partial charge in [0, 0.05) is 59.1 Å². The number of para-hydroxylation sites is 1. The van der Waals surface area contributed by atoms with Crippen LogP contribution in [0.3, 0.4) is 0 Å². The average molecular weight is 522 g/mol. The molecule has 8 nitrogen and oxygen atoms in total. The van der Waals surface area contributed by atoms with Crippen molar-refractivity contribution in [1.82, 2.24) is 8.87 Å². The number of ether oxygens (including phenoxy) is 2. The van der Waals surface area contributed by atoms with E-state index in [4.69, 9.17) is 9.47 Å². The Balaban J connectivity index is 1.30. The van der Waals surface area contributed by atoms with Gasteiger partial charge in [-0.3, -0.25) is 4.79 Å². The lowest BCUT2D eigenvalue weighted by Crippen LogP contribution is -2.41. The predicted molar refractivity (Wildman–Crippen MR) is 145 cm³/mol. The molecule has 3 aromatic carbocycles. The van der Waals surface area contributed by atoms with Crippen molar-refractivity contribution in [2.24, 2.45) is 5.92 Å². The molecule has 1 N–H and O–H groups in total. The molecule has 0 radical (unpaired) electrons. The molecule has 0 unspecified atom stereocenters. The Kier molecular flexibility index (Phi) is 6.83. The summed E-state index contributed by atoms with van der Waals surface area (Å²) in [6.45, 7) is 3.49. The Morgan fingerprint density at radius 2 is 1.68 bits per heavy atom. The summed E-state index contributed by atoms with van der Waals surface area (Å²) in [6, 6.07) is 19.0. The van der Waals surface area contributed by atoms with E-state index in [0.717, 1.165) is 28.5 Å². The number of hydrogen-bond acceptors (Lipinski definition) is 5. The van der Waals surface area contributed by atoms with E-state index in [1.807, 2.05) is 30.3 Å². The number of aromatic nitrogens is 1. The van der Waals surface area contributed by atoms with Crippen LogP contribution >= 0.6 is 0 Å². The Hall–Kier alpha value is -3.56. The Morgan fingerprint density at radius 3 is 2.38 bits per heavy atom. The van der Waals surface area contributed by atoms with Gasteiger partial charge in [0.05, 0.1) is 14.2 Å². The molecular weight excluding hydrogens is 490 g/mol. The maximum Gasteiger partial charge on any atom is 0.246 e. The Labute approximate surface area is 216 Å². The van der Waals surface area contributed by atoms with Crippen LogP contribution in [0, 0.1) is 5.92 Å².